The van der Waals surface area contributed by atoms with E-state index in [-0.39, 0.29) is 30.8 Å². The zero-order valence-corrected chi connectivity index (χ0v) is 22.3. The summed E-state index contributed by atoms with van der Waals surface area (Å²) in [5, 5.41) is 8.28. The van der Waals surface area contributed by atoms with Crippen molar-refractivity contribution in [1.82, 2.24) is 16.0 Å². The smallest absolute Gasteiger partial charge is 0.486 e. The second-order valence-corrected chi connectivity index (χ2v) is 9.13. The number of benzene rings is 1. The molecule has 3 amide bonds. The Balaban J connectivity index is 2.12. The first kappa shape index (κ1) is 29.7. The second kappa shape index (κ2) is 14.9. The molecular weight excluding hydrogens is 478 g/mol. The first-order valence-electron chi connectivity index (χ1n) is 12.8. The molecule has 0 aliphatic heterocycles. The summed E-state index contributed by atoms with van der Waals surface area (Å²) >= 11 is 0. The van der Waals surface area contributed by atoms with Gasteiger partial charge in [-0.25, -0.2) is 4.79 Å². The minimum Gasteiger partial charge on any atom is -0.486 e. The van der Waals surface area contributed by atoms with Crippen LogP contribution in [0.4, 0.5) is 0 Å². The summed E-state index contributed by atoms with van der Waals surface area (Å²) in [7, 11) is 1.53. The molecule has 10 nitrogen and oxygen atoms in total. The van der Waals surface area contributed by atoms with E-state index in [0.717, 1.165) is 24.8 Å². The number of hydrogen-bond acceptors (Lipinski definition) is 7. The molecule has 0 saturated carbocycles. The molecule has 0 radical (unpaired) electrons. The lowest BCUT2D eigenvalue weighted by atomic mass is 9.97. The third-order valence-corrected chi connectivity index (χ3v) is 6.27. The Morgan fingerprint density at radius 1 is 1.00 bits per heavy atom. The van der Waals surface area contributed by atoms with Crippen LogP contribution in [0.15, 0.2) is 37.9 Å². The molecule has 1 aromatic heterocycles. The van der Waals surface area contributed by atoms with Gasteiger partial charge in [0.2, 0.25) is 17.7 Å². The van der Waals surface area contributed by atoms with Crippen molar-refractivity contribution in [3.8, 4) is 5.75 Å². The number of unbranched alkanes of at least 4 members (excludes halogenated alkanes) is 2. The van der Waals surface area contributed by atoms with Crippen molar-refractivity contribution >= 4 is 17.7 Å². The first-order valence-corrected chi connectivity index (χ1v) is 12.8. The summed E-state index contributed by atoms with van der Waals surface area (Å²) in [6.07, 6.45) is 3.93. The Morgan fingerprint density at radius 2 is 1.70 bits per heavy atom. The molecule has 3 atom stereocenters. The van der Waals surface area contributed by atoms with Crippen LogP contribution in [-0.2, 0) is 27.4 Å². The van der Waals surface area contributed by atoms with Crippen LogP contribution >= 0.6 is 0 Å². The molecule has 204 valence electrons. The fourth-order valence-corrected chi connectivity index (χ4v) is 3.74. The fourth-order valence-electron chi connectivity index (χ4n) is 3.74. The van der Waals surface area contributed by atoms with Gasteiger partial charge < -0.3 is 29.5 Å². The Kier molecular flexibility index (Phi) is 11.9. The summed E-state index contributed by atoms with van der Waals surface area (Å²) in [6.45, 7) is 7.55. The van der Waals surface area contributed by atoms with Crippen LogP contribution in [0.1, 0.15) is 70.0 Å². The minimum absolute atomic E-state index is 0.0340. The van der Waals surface area contributed by atoms with Crippen molar-refractivity contribution in [2.24, 2.45) is 5.92 Å². The summed E-state index contributed by atoms with van der Waals surface area (Å²) in [6, 6.07) is 5.49. The van der Waals surface area contributed by atoms with Gasteiger partial charge in [-0.1, -0.05) is 52.2 Å². The monoisotopic (exact) mass is 517 g/mol. The summed E-state index contributed by atoms with van der Waals surface area (Å²) in [4.78, 5) is 49.4. The third-order valence-electron chi connectivity index (χ3n) is 6.27. The highest BCUT2D eigenvalue weighted by Crippen LogP contribution is 2.17. The van der Waals surface area contributed by atoms with E-state index < -0.39 is 23.8 Å². The average Bonchev–Trinajstić information content (AvgIpc) is 3.21. The highest BCUT2D eigenvalue weighted by atomic mass is 16.6. The van der Waals surface area contributed by atoms with E-state index in [1.807, 2.05) is 13.8 Å². The number of likely N-dealkylation sites (N-methyl/N-ethyl adjacent to an activating group) is 1. The molecule has 2 rings (SSSR count). The van der Waals surface area contributed by atoms with Gasteiger partial charge in [-0.3, -0.25) is 14.4 Å². The topological polar surface area (TPSA) is 140 Å². The molecule has 2 aromatic rings. The molecule has 0 aliphatic rings. The van der Waals surface area contributed by atoms with Gasteiger partial charge in [0.25, 0.3) is 0 Å². The van der Waals surface area contributed by atoms with E-state index in [1.54, 1.807) is 31.2 Å². The van der Waals surface area contributed by atoms with Crippen molar-refractivity contribution < 1.29 is 28.0 Å². The van der Waals surface area contributed by atoms with Crippen LogP contribution in [0, 0.1) is 12.8 Å². The van der Waals surface area contributed by atoms with Crippen molar-refractivity contribution in [2.75, 3.05) is 7.05 Å². The van der Waals surface area contributed by atoms with E-state index in [0.29, 0.717) is 30.1 Å². The molecule has 0 aliphatic carbocycles. The molecular formula is C27H39N3O7. The van der Waals surface area contributed by atoms with Gasteiger partial charge in [0.05, 0.1) is 0 Å². The van der Waals surface area contributed by atoms with Gasteiger partial charge in [-0.15, -0.1) is 0 Å². The van der Waals surface area contributed by atoms with Gasteiger partial charge in [0.15, 0.2) is 11.5 Å². The number of nitrogens with one attached hydrogen (secondary N) is 3. The fraction of sp³-hybridized carbons (Fsp3) is 0.556. The Morgan fingerprint density at radius 3 is 2.27 bits per heavy atom. The normalized spacial score (nSPS) is 13.3. The zero-order chi connectivity index (χ0) is 27.4. The van der Waals surface area contributed by atoms with Crippen LogP contribution < -0.4 is 26.5 Å². The molecule has 0 spiro atoms. The SMILES string of the molecule is CCCCCC(=O)NC(Cc1ccc(OCc2oc(=O)oc2C)cc1)C(=O)NC(C(=O)NC)C(C)CC. The van der Waals surface area contributed by atoms with Gasteiger partial charge in [-0.2, -0.15) is 0 Å². The lowest BCUT2D eigenvalue weighted by Gasteiger charge is -2.26. The van der Waals surface area contributed by atoms with E-state index in [1.165, 1.54) is 7.05 Å². The maximum absolute atomic E-state index is 13.2. The van der Waals surface area contributed by atoms with E-state index in [4.69, 9.17) is 13.6 Å². The second-order valence-electron chi connectivity index (χ2n) is 9.13. The quantitative estimate of drug-likeness (QED) is 0.309. The number of carbonyl (C=O) groups excluding carboxylic acids is 3. The number of rotatable bonds is 15. The number of amides is 3. The number of hydrogen-bond donors (Lipinski definition) is 3. The van der Waals surface area contributed by atoms with Crippen molar-refractivity contribution in [3.63, 3.8) is 0 Å². The van der Waals surface area contributed by atoms with Crippen LogP contribution in [0.25, 0.3) is 0 Å². The Labute approximate surface area is 217 Å². The van der Waals surface area contributed by atoms with Crippen LogP contribution in [0.5, 0.6) is 5.75 Å². The summed E-state index contributed by atoms with van der Waals surface area (Å²) in [5.74, 6) is -0.548. The standard InChI is InChI=1S/C27H39N3O7/c1-6-8-9-10-23(31)29-21(25(32)30-24(17(3)7-2)26(33)28-5)15-19-11-13-20(14-12-19)35-16-22-18(4)36-27(34)37-22/h11-14,17,21,24H,6-10,15-16H2,1-5H3,(H,28,33)(H,29,31)(H,30,32). The molecule has 37 heavy (non-hydrogen) atoms. The lowest BCUT2D eigenvalue weighted by Crippen LogP contribution is -2.56. The first-order chi connectivity index (χ1) is 17.7. The maximum Gasteiger partial charge on any atom is 0.519 e. The molecule has 0 bridgehead atoms. The average molecular weight is 518 g/mol. The lowest BCUT2D eigenvalue weighted by molar-refractivity contribution is -0.132. The van der Waals surface area contributed by atoms with Gasteiger partial charge >= 0.3 is 5.82 Å². The number of aryl methyl sites for hydroxylation is 1. The van der Waals surface area contributed by atoms with Gasteiger partial charge in [0, 0.05) is 19.9 Å². The molecule has 0 saturated heterocycles. The molecule has 3 unspecified atom stereocenters. The van der Waals surface area contributed by atoms with Gasteiger partial charge in [-0.05, 0) is 37.0 Å². The minimum atomic E-state index is -0.847. The molecule has 1 aromatic carbocycles. The number of carbonyl (C=O) groups is 3. The Hall–Kier alpha value is -3.56. The van der Waals surface area contributed by atoms with Crippen molar-refractivity contribution in [3.05, 3.63) is 52.0 Å². The van der Waals surface area contributed by atoms with Crippen LogP contribution in [0.2, 0.25) is 0 Å². The van der Waals surface area contributed by atoms with E-state index >= 15 is 0 Å². The largest absolute Gasteiger partial charge is 0.519 e. The predicted octanol–water partition coefficient (Wildman–Crippen LogP) is 3.00. The molecule has 10 heteroatoms. The molecule has 1 heterocycles. The predicted molar refractivity (Wildman–Crippen MR) is 138 cm³/mol. The summed E-state index contributed by atoms with van der Waals surface area (Å²) in [5.41, 5.74) is 0.799. The molecule has 0 fully saturated rings. The van der Waals surface area contributed by atoms with E-state index in [9.17, 15) is 19.2 Å². The van der Waals surface area contributed by atoms with E-state index in [2.05, 4.69) is 22.9 Å². The maximum atomic E-state index is 13.2. The highest BCUT2D eigenvalue weighted by molar-refractivity contribution is 5.92. The third kappa shape index (κ3) is 9.44. The molecule has 3 N–H and O–H groups in total. The van der Waals surface area contributed by atoms with Crippen molar-refractivity contribution in [1.29, 1.82) is 0 Å². The zero-order valence-electron chi connectivity index (χ0n) is 22.3. The van der Waals surface area contributed by atoms with Gasteiger partial charge in [0.1, 0.15) is 24.4 Å². The highest BCUT2D eigenvalue weighted by Gasteiger charge is 2.29. The summed E-state index contributed by atoms with van der Waals surface area (Å²) < 4.78 is 15.4. The van der Waals surface area contributed by atoms with Crippen LogP contribution in [0.3, 0.4) is 0 Å². The Bertz CT molecular complexity index is 1070. The van der Waals surface area contributed by atoms with Crippen LogP contribution in [-0.4, -0.2) is 36.9 Å². The van der Waals surface area contributed by atoms with Crippen molar-refractivity contribution in [2.45, 2.75) is 84.9 Å². The number of ether oxygens (including phenoxy) is 1.